The molecule has 150 valence electrons. The van der Waals surface area contributed by atoms with Crippen LogP contribution >= 0.6 is 0 Å². The molecule has 3 heterocycles. The molecule has 1 aromatic carbocycles. The van der Waals surface area contributed by atoms with Crippen molar-refractivity contribution in [3.8, 4) is 5.75 Å². The second-order valence-corrected chi connectivity index (χ2v) is 7.94. The van der Waals surface area contributed by atoms with Crippen molar-refractivity contribution in [1.82, 2.24) is 14.9 Å². The third-order valence-corrected chi connectivity index (χ3v) is 6.40. The summed E-state index contributed by atoms with van der Waals surface area (Å²) >= 11 is 0. The Bertz CT molecular complexity index is 796. The molecule has 0 bridgehead atoms. The second kappa shape index (κ2) is 8.01. The van der Waals surface area contributed by atoms with E-state index in [0.717, 1.165) is 56.9 Å². The Morgan fingerprint density at radius 3 is 2.79 bits per heavy atom. The van der Waals surface area contributed by atoms with Crippen LogP contribution in [0.1, 0.15) is 18.4 Å². The molecule has 1 N–H and O–H groups in total. The summed E-state index contributed by atoms with van der Waals surface area (Å²) in [6.45, 7) is 4.68. The first-order valence-electron chi connectivity index (χ1n) is 9.80. The zero-order chi connectivity index (χ0) is 19.6. The molecule has 0 radical (unpaired) electrons. The summed E-state index contributed by atoms with van der Waals surface area (Å²) in [6.07, 6.45) is 5.42. The van der Waals surface area contributed by atoms with Crippen molar-refractivity contribution < 1.29 is 14.2 Å². The van der Waals surface area contributed by atoms with Gasteiger partial charge in [0, 0.05) is 38.4 Å². The van der Waals surface area contributed by atoms with Gasteiger partial charge in [-0.2, -0.15) is 0 Å². The minimum atomic E-state index is -0.328. The lowest BCUT2D eigenvalue weighted by Gasteiger charge is -2.42. The van der Waals surface area contributed by atoms with E-state index in [1.807, 2.05) is 12.1 Å². The van der Waals surface area contributed by atoms with Gasteiger partial charge in [0.2, 0.25) is 0 Å². The standard InChI is InChI=1S/C21H27FN4O2/c1-28-19-10-16(2-3-18(19)22)11-25-8-5-21(6-9-25)14-26(12-17(21)13-27)20-4-7-23-15-24-20/h2-4,7,10,15,17,27H,5-6,8-9,11-14H2,1H3. The number of methoxy groups -OCH3 is 1. The Labute approximate surface area is 165 Å². The van der Waals surface area contributed by atoms with Crippen LogP contribution in [0.5, 0.6) is 5.75 Å². The van der Waals surface area contributed by atoms with Crippen LogP contribution in [0.2, 0.25) is 0 Å². The fourth-order valence-electron chi connectivity index (χ4n) is 4.71. The lowest BCUT2D eigenvalue weighted by atomic mass is 9.71. The Morgan fingerprint density at radius 1 is 1.29 bits per heavy atom. The molecule has 4 rings (SSSR count). The molecule has 2 aliphatic rings. The van der Waals surface area contributed by atoms with Gasteiger partial charge in [0.05, 0.1) is 7.11 Å². The fourth-order valence-corrected chi connectivity index (χ4v) is 4.71. The van der Waals surface area contributed by atoms with Crippen LogP contribution in [-0.4, -0.2) is 59.9 Å². The lowest BCUT2D eigenvalue weighted by molar-refractivity contribution is 0.0506. The number of likely N-dealkylation sites (tertiary alicyclic amines) is 1. The highest BCUT2D eigenvalue weighted by atomic mass is 19.1. The van der Waals surface area contributed by atoms with E-state index in [1.165, 1.54) is 13.2 Å². The molecule has 7 heteroatoms. The van der Waals surface area contributed by atoms with Gasteiger partial charge in [-0.3, -0.25) is 4.90 Å². The number of nitrogens with zero attached hydrogens (tertiary/aromatic N) is 4. The van der Waals surface area contributed by atoms with E-state index < -0.39 is 0 Å². The maximum Gasteiger partial charge on any atom is 0.165 e. The first kappa shape index (κ1) is 19.1. The van der Waals surface area contributed by atoms with E-state index in [4.69, 9.17) is 4.74 Å². The number of piperidine rings is 1. The monoisotopic (exact) mass is 386 g/mol. The van der Waals surface area contributed by atoms with Crippen LogP contribution in [0.3, 0.4) is 0 Å². The maximum absolute atomic E-state index is 13.6. The van der Waals surface area contributed by atoms with Gasteiger partial charge in [0.1, 0.15) is 12.1 Å². The number of hydrogen-bond donors (Lipinski definition) is 1. The van der Waals surface area contributed by atoms with Crippen LogP contribution in [0.4, 0.5) is 10.2 Å². The molecule has 2 aromatic rings. The summed E-state index contributed by atoms with van der Waals surface area (Å²) < 4.78 is 18.7. The molecule has 1 atom stereocenters. The van der Waals surface area contributed by atoms with Gasteiger partial charge in [0.25, 0.3) is 0 Å². The minimum absolute atomic E-state index is 0.122. The zero-order valence-electron chi connectivity index (χ0n) is 16.2. The molecule has 1 spiro atoms. The topological polar surface area (TPSA) is 61.7 Å². The molecule has 2 saturated heterocycles. The third-order valence-electron chi connectivity index (χ3n) is 6.40. The highest BCUT2D eigenvalue weighted by molar-refractivity contribution is 5.39. The molecule has 1 aromatic heterocycles. The summed E-state index contributed by atoms with van der Waals surface area (Å²) in [5.41, 5.74) is 1.18. The molecule has 0 aliphatic carbocycles. The third kappa shape index (κ3) is 3.69. The Morgan fingerprint density at radius 2 is 2.11 bits per heavy atom. The predicted octanol–water partition coefficient (Wildman–Crippen LogP) is 2.34. The molecular weight excluding hydrogens is 359 g/mol. The first-order chi connectivity index (χ1) is 13.6. The predicted molar refractivity (Wildman–Crippen MR) is 105 cm³/mol. The first-order valence-corrected chi connectivity index (χ1v) is 9.80. The number of aromatic nitrogens is 2. The van der Waals surface area contributed by atoms with E-state index in [2.05, 4.69) is 19.8 Å². The number of ether oxygens (including phenoxy) is 1. The largest absolute Gasteiger partial charge is 0.494 e. The molecule has 0 saturated carbocycles. The molecule has 6 nitrogen and oxygen atoms in total. The van der Waals surface area contributed by atoms with Crippen molar-refractivity contribution in [3.05, 3.63) is 48.2 Å². The Kier molecular flexibility index (Phi) is 5.46. The SMILES string of the molecule is COc1cc(CN2CCC3(CC2)CN(c2ccncn2)CC3CO)ccc1F. The van der Waals surface area contributed by atoms with E-state index in [0.29, 0.717) is 5.75 Å². The number of anilines is 1. The van der Waals surface area contributed by atoms with Gasteiger partial charge in [-0.25, -0.2) is 14.4 Å². The van der Waals surface area contributed by atoms with Crippen LogP contribution in [0.15, 0.2) is 36.8 Å². The maximum atomic E-state index is 13.6. The Balaban J connectivity index is 1.41. The number of rotatable bonds is 5. The van der Waals surface area contributed by atoms with Crippen LogP contribution in [-0.2, 0) is 6.54 Å². The Hall–Kier alpha value is -2.25. The average molecular weight is 386 g/mol. The molecule has 2 aliphatic heterocycles. The van der Waals surface area contributed by atoms with Gasteiger partial charge in [-0.1, -0.05) is 6.07 Å². The van der Waals surface area contributed by atoms with E-state index in [9.17, 15) is 9.50 Å². The number of aliphatic hydroxyl groups is 1. The zero-order valence-corrected chi connectivity index (χ0v) is 16.2. The van der Waals surface area contributed by atoms with Crippen LogP contribution in [0, 0.1) is 17.2 Å². The summed E-state index contributed by atoms with van der Waals surface area (Å²) in [4.78, 5) is 13.1. The van der Waals surface area contributed by atoms with Gasteiger partial charge < -0.3 is 14.7 Å². The second-order valence-electron chi connectivity index (χ2n) is 7.94. The van der Waals surface area contributed by atoms with Crippen molar-refractivity contribution in [2.45, 2.75) is 19.4 Å². The number of aliphatic hydroxyl groups excluding tert-OH is 1. The van der Waals surface area contributed by atoms with E-state index in [-0.39, 0.29) is 23.8 Å². The average Bonchev–Trinajstić information content (AvgIpc) is 3.10. The van der Waals surface area contributed by atoms with Crippen molar-refractivity contribution >= 4 is 5.82 Å². The van der Waals surface area contributed by atoms with Gasteiger partial charge in [-0.05, 0) is 55.1 Å². The minimum Gasteiger partial charge on any atom is -0.494 e. The number of benzene rings is 1. The quantitative estimate of drug-likeness (QED) is 0.851. The molecule has 0 amide bonds. The van der Waals surface area contributed by atoms with Crippen molar-refractivity contribution in [2.24, 2.45) is 11.3 Å². The molecule has 2 fully saturated rings. The summed E-state index contributed by atoms with van der Waals surface area (Å²) in [5, 5.41) is 10.0. The fraction of sp³-hybridized carbons (Fsp3) is 0.524. The normalized spacial score (nSPS) is 22.0. The van der Waals surface area contributed by atoms with Crippen LogP contribution in [0.25, 0.3) is 0 Å². The highest BCUT2D eigenvalue weighted by Crippen LogP contribution is 2.45. The smallest absolute Gasteiger partial charge is 0.165 e. The van der Waals surface area contributed by atoms with E-state index >= 15 is 0 Å². The molecule has 28 heavy (non-hydrogen) atoms. The molecular formula is C21H27FN4O2. The summed E-state index contributed by atoms with van der Waals surface area (Å²) in [5.74, 6) is 1.16. The van der Waals surface area contributed by atoms with Gasteiger partial charge in [0.15, 0.2) is 11.6 Å². The van der Waals surface area contributed by atoms with Gasteiger partial charge >= 0.3 is 0 Å². The lowest BCUT2D eigenvalue weighted by Crippen LogP contribution is -2.44. The molecule has 1 unspecified atom stereocenters. The highest BCUT2D eigenvalue weighted by Gasteiger charge is 2.47. The van der Waals surface area contributed by atoms with Crippen molar-refractivity contribution in [2.75, 3.05) is 44.8 Å². The summed E-state index contributed by atoms with van der Waals surface area (Å²) in [7, 11) is 1.49. The van der Waals surface area contributed by atoms with Crippen LogP contribution < -0.4 is 9.64 Å². The van der Waals surface area contributed by atoms with Crippen molar-refractivity contribution in [1.29, 1.82) is 0 Å². The number of hydrogen-bond acceptors (Lipinski definition) is 6. The van der Waals surface area contributed by atoms with Gasteiger partial charge in [-0.15, -0.1) is 0 Å². The van der Waals surface area contributed by atoms with E-state index in [1.54, 1.807) is 18.6 Å². The summed E-state index contributed by atoms with van der Waals surface area (Å²) in [6, 6.07) is 7.01. The van der Waals surface area contributed by atoms with Crippen molar-refractivity contribution in [3.63, 3.8) is 0 Å². The number of halogens is 1.